The zero-order valence-corrected chi connectivity index (χ0v) is 11.4. The number of carbonyl (C=O) groups is 1. The van der Waals surface area contributed by atoms with E-state index in [1.54, 1.807) is 7.11 Å². The maximum Gasteiger partial charge on any atom is 0.321 e. The molecule has 0 bridgehead atoms. The number of urea groups is 1. The average Bonchev–Trinajstić information content (AvgIpc) is 2.39. The predicted molar refractivity (Wildman–Crippen MR) is 74.2 cm³/mol. The van der Waals surface area contributed by atoms with Crippen molar-refractivity contribution in [3.8, 4) is 5.75 Å². The zero-order valence-electron chi connectivity index (χ0n) is 11.4. The Kier molecular flexibility index (Phi) is 6.05. The first-order valence-corrected chi connectivity index (χ1v) is 6.41. The number of hydrogen-bond donors (Lipinski definition) is 1. The Labute approximate surface area is 109 Å². The minimum absolute atomic E-state index is 0.0665. The van der Waals surface area contributed by atoms with E-state index in [4.69, 9.17) is 4.74 Å². The molecule has 0 atom stereocenters. The molecule has 0 heterocycles. The number of nitrogens with zero attached hydrogens (tertiary/aromatic N) is 1. The fourth-order valence-corrected chi connectivity index (χ4v) is 1.80. The van der Waals surface area contributed by atoms with E-state index < -0.39 is 0 Å². The van der Waals surface area contributed by atoms with Crippen molar-refractivity contribution in [2.45, 2.75) is 26.7 Å². The molecule has 0 radical (unpaired) electrons. The summed E-state index contributed by atoms with van der Waals surface area (Å²) in [6.45, 7) is 5.68. The van der Waals surface area contributed by atoms with Gasteiger partial charge < -0.3 is 15.0 Å². The molecule has 0 unspecified atom stereocenters. The van der Waals surface area contributed by atoms with Crippen LogP contribution in [-0.4, -0.2) is 31.1 Å². The van der Waals surface area contributed by atoms with E-state index in [1.165, 1.54) is 0 Å². The van der Waals surface area contributed by atoms with Crippen molar-refractivity contribution in [3.63, 3.8) is 0 Å². The number of anilines is 1. The largest absolute Gasteiger partial charge is 0.495 e. The summed E-state index contributed by atoms with van der Waals surface area (Å²) in [5.74, 6) is 0.679. The Morgan fingerprint density at radius 1 is 1.22 bits per heavy atom. The first kappa shape index (κ1) is 14.4. The quantitative estimate of drug-likeness (QED) is 0.841. The smallest absolute Gasteiger partial charge is 0.321 e. The highest BCUT2D eigenvalue weighted by atomic mass is 16.5. The minimum atomic E-state index is -0.0665. The molecule has 0 aliphatic heterocycles. The molecule has 0 saturated carbocycles. The molecule has 2 amide bonds. The SMILES string of the molecule is CCCN(CCC)C(=O)Nc1ccccc1OC. The molecule has 0 fully saturated rings. The molecule has 0 aromatic heterocycles. The number of nitrogens with one attached hydrogen (secondary N) is 1. The van der Waals surface area contributed by atoms with Gasteiger partial charge in [0.15, 0.2) is 0 Å². The van der Waals surface area contributed by atoms with E-state index >= 15 is 0 Å². The second kappa shape index (κ2) is 7.58. The highest BCUT2D eigenvalue weighted by molar-refractivity contribution is 5.90. The molecule has 1 rings (SSSR count). The van der Waals surface area contributed by atoms with Gasteiger partial charge in [-0.3, -0.25) is 0 Å². The molecule has 0 spiro atoms. The maximum atomic E-state index is 12.1. The first-order chi connectivity index (χ1) is 8.72. The molecule has 1 aromatic rings. The third-order valence-corrected chi connectivity index (χ3v) is 2.62. The lowest BCUT2D eigenvalue weighted by Gasteiger charge is -2.22. The van der Waals surface area contributed by atoms with E-state index in [-0.39, 0.29) is 6.03 Å². The lowest BCUT2D eigenvalue weighted by atomic mass is 10.3. The lowest BCUT2D eigenvalue weighted by molar-refractivity contribution is 0.211. The van der Waals surface area contributed by atoms with Gasteiger partial charge in [0.05, 0.1) is 12.8 Å². The molecule has 0 saturated heterocycles. The third kappa shape index (κ3) is 3.95. The molecule has 18 heavy (non-hydrogen) atoms. The minimum Gasteiger partial charge on any atom is -0.495 e. The van der Waals surface area contributed by atoms with Crippen molar-refractivity contribution in [3.05, 3.63) is 24.3 Å². The third-order valence-electron chi connectivity index (χ3n) is 2.62. The van der Waals surface area contributed by atoms with E-state index in [9.17, 15) is 4.79 Å². The van der Waals surface area contributed by atoms with Gasteiger partial charge in [0, 0.05) is 13.1 Å². The summed E-state index contributed by atoms with van der Waals surface area (Å²) >= 11 is 0. The molecular weight excluding hydrogens is 228 g/mol. The van der Waals surface area contributed by atoms with Crippen LogP contribution in [0.3, 0.4) is 0 Å². The van der Waals surface area contributed by atoms with Crippen LogP contribution in [0.1, 0.15) is 26.7 Å². The number of benzene rings is 1. The Hall–Kier alpha value is -1.71. The second-order valence-electron chi connectivity index (χ2n) is 4.12. The summed E-state index contributed by atoms with van der Waals surface area (Å²) in [6.07, 6.45) is 1.92. The van der Waals surface area contributed by atoms with Crippen molar-refractivity contribution in [2.75, 3.05) is 25.5 Å². The molecule has 0 aliphatic rings. The van der Waals surface area contributed by atoms with Gasteiger partial charge >= 0.3 is 6.03 Å². The van der Waals surface area contributed by atoms with Crippen molar-refractivity contribution in [1.82, 2.24) is 4.90 Å². The molecule has 4 nitrogen and oxygen atoms in total. The van der Waals surface area contributed by atoms with Crippen LogP contribution < -0.4 is 10.1 Å². The molecule has 0 aliphatic carbocycles. The van der Waals surface area contributed by atoms with Crippen molar-refractivity contribution >= 4 is 11.7 Å². The fourth-order valence-electron chi connectivity index (χ4n) is 1.80. The van der Waals surface area contributed by atoms with Gasteiger partial charge in [-0.15, -0.1) is 0 Å². The maximum absolute atomic E-state index is 12.1. The lowest BCUT2D eigenvalue weighted by Crippen LogP contribution is -2.36. The van der Waals surface area contributed by atoms with Crippen LogP contribution in [-0.2, 0) is 0 Å². The topological polar surface area (TPSA) is 41.6 Å². The number of hydrogen-bond acceptors (Lipinski definition) is 2. The summed E-state index contributed by atoms with van der Waals surface area (Å²) in [5.41, 5.74) is 0.710. The van der Waals surface area contributed by atoms with Gasteiger partial charge in [0.25, 0.3) is 0 Å². The van der Waals surface area contributed by atoms with Gasteiger partial charge in [-0.05, 0) is 25.0 Å². The number of rotatable bonds is 6. The van der Waals surface area contributed by atoms with Crippen molar-refractivity contribution in [1.29, 1.82) is 0 Å². The van der Waals surface area contributed by atoms with Crippen LogP contribution in [0.5, 0.6) is 5.75 Å². The van der Waals surface area contributed by atoms with Crippen molar-refractivity contribution in [2.24, 2.45) is 0 Å². The Bertz CT molecular complexity index is 374. The predicted octanol–water partition coefficient (Wildman–Crippen LogP) is 3.35. The highest BCUT2D eigenvalue weighted by Gasteiger charge is 2.13. The molecule has 1 aromatic carbocycles. The Balaban J connectivity index is 2.72. The van der Waals surface area contributed by atoms with Crippen LogP contribution in [0.25, 0.3) is 0 Å². The standard InChI is InChI=1S/C14H22N2O2/c1-4-10-16(11-5-2)14(17)15-12-8-6-7-9-13(12)18-3/h6-9H,4-5,10-11H2,1-3H3,(H,15,17). The molecule has 4 heteroatoms. The van der Waals surface area contributed by atoms with Gasteiger partial charge in [-0.25, -0.2) is 4.79 Å². The summed E-state index contributed by atoms with van der Waals surface area (Å²) < 4.78 is 5.21. The average molecular weight is 250 g/mol. The number of para-hydroxylation sites is 2. The summed E-state index contributed by atoms with van der Waals surface area (Å²) in [4.78, 5) is 13.9. The molecule has 1 N–H and O–H groups in total. The summed E-state index contributed by atoms with van der Waals surface area (Å²) in [5, 5.41) is 2.89. The van der Waals surface area contributed by atoms with Crippen LogP contribution in [0, 0.1) is 0 Å². The molecular formula is C14H22N2O2. The molecule has 100 valence electrons. The van der Waals surface area contributed by atoms with E-state index in [1.807, 2.05) is 29.2 Å². The van der Waals surface area contributed by atoms with E-state index in [0.717, 1.165) is 25.9 Å². The first-order valence-electron chi connectivity index (χ1n) is 6.41. The highest BCUT2D eigenvalue weighted by Crippen LogP contribution is 2.23. The van der Waals surface area contributed by atoms with Gasteiger partial charge in [0.2, 0.25) is 0 Å². The van der Waals surface area contributed by atoms with Crippen molar-refractivity contribution < 1.29 is 9.53 Å². The number of carbonyl (C=O) groups excluding carboxylic acids is 1. The number of methoxy groups -OCH3 is 1. The van der Waals surface area contributed by atoms with Crippen LogP contribution in [0.15, 0.2) is 24.3 Å². The number of ether oxygens (including phenoxy) is 1. The van der Waals surface area contributed by atoms with Crippen LogP contribution in [0.4, 0.5) is 10.5 Å². The zero-order chi connectivity index (χ0) is 13.4. The fraction of sp³-hybridized carbons (Fsp3) is 0.500. The van der Waals surface area contributed by atoms with Gasteiger partial charge in [-0.2, -0.15) is 0 Å². The Morgan fingerprint density at radius 3 is 2.39 bits per heavy atom. The summed E-state index contributed by atoms with van der Waals surface area (Å²) in [6, 6.07) is 7.36. The van der Waals surface area contributed by atoms with Gasteiger partial charge in [-0.1, -0.05) is 26.0 Å². The Morgan fingerprint density at radius 2 is 1.83 bits per heavy atom. The normalized spacial score (nSPS) is 9.94. The number of amides is 2. The monoisotopic (exact) mass is 250 g/mol. The van der Waals surface area contributed by atoms with E-state index in [0.29, 0.717) is 11.4 Å². The van der Waals surface area contributed by atoms with E-state index in [2.05, 4.69) is 19.2 Å². The van der Waals surface area contributed by atoms with Crippen LogP contribution in [0.2, 0.25) is 0 Å². The van der Waals surface area contributed by atoms with Crippen LogP contribution >= 0.6 is 0 Å². The summed E-state index contributed by atoms with van der Waals surface area (Å²) in [7, 11) is 1.60. The second-order valence-corrected chi connectivity index (χ2v) is 4.12. The van der Waals surface area contributed by atoms with Gasteiger partial charge in [0.1, 0.15) is 5.75 Å².